The molecular weight excluding hydrogens is 266 g/mol. The second-order valence-corrected chi connectivity index (χ2v) is 6.27. The highest BCUT2D eigenvalue weighted by Gasteiger charge is 2.20. The van der Waals surface area contributed by atoms with Gasteiger partial charge in [0.05, 0.1) is 18.4 Å². The first kappa shape index (κ1) is 13.8. The Morgan fingerprint density at radius 2 is 2.05 bits per heavy atom. The van der Waals surface area contributed by atoms with Crippen LogP contribution in [0.2, 0.25) is 0 Å². The smallest absolute Gasteiger partial charge is 0.337 e. The number of nitrogens with one attached hydrogen (secondary N) is 1. The summed E-state index contributed by atoms with van der Waals surface area (Å²) in [5, 5.41) is 4.38. The molecule has 102 valence electrons. The fourth-order valence-corrected chi connectivity index (χ4v) is 3.10. The van der Waals surface area contributed by atoms with Crippen molar-refractivity contribution >= 4 is 15.8 Å². The second kappa shape index (κ2) is 5.54. The molecular formula is C13H15NO4S. The zero-order valence-electron chi connectivity index (χ0n) is 10.5. The maximum Gasteiger partial charge on any atom is 0.337 e. The number of carbonyl (C=O) groups excluding carboxylic acids is 1. The highest BCUT2D eigenvalue weighted by molar-refractivity contribution is 7.94. The van der Waals surface area contributed by atoms with Crippen LogP contribution >= 0.6 is 0 Å². The van der Waals surface area contributed by atoms with Gasteiger partial charge < -0.3 is 10.1 Å². The molecule has 1 aromatic carbocycles. The molecule has 0 fully saturated rings. The van der Waals surface area contributed by atoms with Crippen molar-refractivity contribution < 1.29 is 17.9 Å². The van der Waals surface area contributed by atoms with Crippen LogP contribution in [0.5, 0.6) is 0 Å². The molecule has 1 aliphatic heterocycles. The molecule has 5 nitrogen and oxygen atoms in total. The lowest BCUT2D eigenvalue weighted by Crippen LogP contribution is -2.29. The normalized spacial score (nSPS) is 20.4. The zero-order chi connectivity index (χ0) is 13.9. The molecule has 0 amide bonds. The van der Waals surface area contributed by atoms with Crippen LogP contribution < -0.4 is 5.32 Å². The number of hydrogen-bond acceptors (Lipinski definition) is 5. The first-order valence-corrected chi connectivity index (χ1v) is 7.53. The third-order valence-corrected chi connectivity index (χ3v) is 4.27. The minimum atomic E-state index is -3.03. The standard InChI is InChI=1S/C13H15NO4S/c1-18-13(15)11-4-2-10(3-5-11)8-14-12-6-7-19(16,17)9-12/h2-7,12,14H,8-9H2,1H3. The summed E-state index contributed by atoms with van der Waals surface area (Å²) < 4.78 is 27.1. The Balaban J connectivity index is 1.91. The Kier molecular flexibility index (Phi) is 4.01. The molecule has 6 heteroatoms. The van der Waals surface area contributed by atoms with Crippen molar-refractivity contribution in [2.24, 2.45) is 0 Å². The van der Waals surface area contributed by atoms with Crippen molar-refractivity contribution in [1.82, 2.24) is 5.32 Å². The largest absolute Gasteiger partial charge is 0.465 e. The summed E-state index contributed by atoms with van der Waals surface area (Å²) in [6.07, 6.45) is 1.65. The van der Waals surface area contributed by atoms with Gasteiger partial charge in [-0.1, -0.05) is 18.2 Å². The average Bonchev–Trinajstić information content (AvgIpc) is 2.76. The predicted octanol–water partition coefficient (Wildman–Crippen LogP) is 0.873. The molecule has 1 aliphatic rings. The molecule has 0 aromatic heterocycles. The molecule has 1 N–H and O–H groups in total. The van der Waals surface area contributed by atoms with E-state index in [9.17, 15) is 13.2 Å². The van der Waals surface area contributed by atoms with E-state index in [0.717, 1.165) is 5.56 Å². The fraction of sp³-hybridized carbons (Fsp3) is 0.308. The lowest BCUT2D eigenvalue weighted by molar-refractivity contribution is 0.0600. The lowest BCUT2D eigenvalue weighted by atomic mass is 10.1. The van der Waals surface area contributed by atoms with Crippen LogP contribution in [-0.4, -0.2) is 33.3 Å². The molecule has 0 radical (unpaired) electrons. The quantitative estimate of drug-likeness (QED) is 0.829. The molecule has 1 heterocycles. The van der Waals surface area contributed by atoms with Crippen molar-refractivity contribution in [1.29, 1.82) is 0 Å². The van der Waals surface area contributed by atoms with Gasteiger partial charge in [-0.2, -0.15) is 0 Å². The number of benzene rings is 1. The Morgan fingerprint density at radius 3 is 2.58 bits per heavy atom. The van der Waals surface area contributed by atoms with Crippen molar-refractivity contribution in [3.63, 3.8) is 0 Å². The summed E-state index contributed by atoms with van der Waals surface area (Å²) in [7, 11) is -1.69. The van der Waals surface area contributed by atoms with Crippen LogP contribution in [0.3, 0.4) is 0 Å². The van der Waals surface area contributed by atoms with E-state index in [1.807, 2.05) is 12.1 Å². The maximum atomic E-state index is 11.2. The SMILES string of the molecule is COC(=O)c1ccc(CNC2C=CS(=O)(=O)C2)cc1. The van der Waals surface area contributed by atoms with E-state index in [-0.39, 0.29) is 17.8 Å². The molecule has 0 spiro atoms. The molecule has 0 aliphatic carbocycles. The minimum Gasteiger partial charge on any atom is -0.465 e. The molecule has 1 aromatic rings. The summed E-state index contributed by atoms with van der Waals surface area (Å²) in [5.41, 5.74) is 1.47. The van der Waals surface area contributed by atoms with Crippen LogP contribution in [0, 0.1) is 0 Å². The zero-order valence-corrected chi connectivity index (χ0v) is 11.3. The summed E-state index contributed by atoms with van der Waals surface area (Å²) in [4.78, 5) is 11.2. The molecule has 0 saturated heterocycles. The lowest BCUT2D eigenvalue weighted by Gasteiger charge is -2.10. The van der Waals surface area contributed by atoms with E-state index in [4.69, 9.17) is 0 Å². The number of ether oxygens (including phenoxy) is 1. The van der Waals surface area contributed by atoms with Crippen molar-refractivity contribution in [3.8, 4) is 0 Å². The topological polar surface area (TPSA) is 72.5 Å². The molecule has 19 heavy (non-hydrogen) atoms. The first-order chi connectivity index (χ1) is 9.00. The van der Waals surface area contributed by atoms with Gasteiger partial charge in [-0.05, 0) is 17.7 Å². The van der Waals surface area contributed by atoms with Gasteiger partial charge in [-0.25, -0.2) is 13.2 Å². The molecule has 1 unspecified atom stereocenters. The van der Waals surface area contributed by atoms with Crippen LogP contribution in [-0.2, 0) is 21.1 Å². The number of esters is 1. The van der Waals surface area contributed by atoms with E-state index in [0.29, 0.717) is 12.1 Å². The molecule has 0 saturated carbocycles. The monoisotopic (exact) mass is 281 g/mol. The Labute approximate surface area is 112 Å². The van der Waals surface area contributed by atoms with E-state index < -0.39 is 9.84 Å². The van der Waals surface area contributed by atoms with Gasteiger partial charge in [-0.15, -0.1) is 0 Å². The van der Waals surface area contributed by atoms with Crippen LogP contribution in [0.4, 0.5) is 0 Å². The van der Waals surface area contributed by atoms with Gasteiger partial charge in [0.25, 0.3) is 0 Å². The number of sulfone groups is 1. The molecule has 2 rings (SSSR count). The number of carbonyl (C=O) groups is 1. The number of rotatable bonds is 4. The second-order valence-electron chi connectivity index (χ2n) is 4.33. The van der Waals surface area contributed by atoms with E-state index in [1.54, 1.807) is 18.2 Å². The fourth-order valence-electron chi connectivity index (χ4n) is 1.83. The summed E-state index contributed by atoms with van der Waals surface area (Å²) in [6.45, 7) is 0.548. The van der Waals surface area contributed by atoms with Gasteiger partial charge >= 0.3 is 5.97 Å². The highest BCUT2D eigenvalue weighted by Crippen LogP contribution is 2.10. The van der Waals surface area contributed by atoms with Crippen LogP contribution in [0.25, 0.3) is 0 Å². The van der Waals surface area contributed by atoms with Crippen LogP contribution in [0.1, 0.15) is 15.9 Å². The van der Waals surface area contributed by atoms with Crippen molar-refractivity contribution in [2.75, 3.05) is 12.9 Å². The van der Waals surface area contributed by atoms with E-state index in [1.165, 1.54) is 12.5 Å². The Morgan fingerprint density at radius 1 is 1.37 bits per heavy atom. The summed E-state index contributed by atoms with van der Waals surface area (Å²) in [5.74, 6) is -0.267. The van der Waals surface area contributed by atoms with Gasteiger partial charge in [0.1, 0.15) is 0 Å². The summed E-state index contributed by atoms with van der Waals surface area (Å²) >= 11 is 0. The Hall–Kier alpha value is -1.66. The van der Waals surface area contributed by atoms with Gasteiger partial charge in [0.15, 0.2) is 9.84 Å². The van der Waals surface area contributed by atoms with Crippen LogP contribution in [0.15, 0.2) is 35.7 Å². The maximum absolute atomic E-state index is 11.2. The van der Waals surface area contributed by atoms with Crippen molar-refractivity contribution in [3.05, 3.63) is 46.9 Å². The predicted molar refractivity (Wildman–Crippen MR) is 71.3 cm³/mol. The summed E-state index contributed by atoms with van der Waals surface area (Å²) in [6, 6.07) is 6.85. The van der Waals surface area contributed by atoms with Gasteiger partial charge in [0.2, 0.25) is 0 Å². The van der Waals surface area contributed by atoms with Crippen molar-refractivity contribution in [2.45, 2.75) is 12.6 Å². The third kappa shape index (κ3) is 3.65. The number of methoxy groups -OCH3 is 1. The molecule has 1 atom stereocenters. The third-order valence-electron chi connectivity index (χ3n) is 2.87. The minimum absolute atomic E-state index is 0.104. The van der Waals surface area contributed by atoms with E-state index >= 15 is 0 Å². The first-order valence-electron chi connectivity index (χ1n) is 5.82. The van der Waals surface area contributed by atoms with E-state index in [2.05, 4.69) is 10.1 Å². The molecule has 0 bridgehead atoms. The highest BCUT2D eigenvalue weighted by atomic mass is 32.2. The van der Waals surface area contributed by atoms with Gasteiger partial charge in [-0.3, -0.25) is 0 Å². The number of hydrogen-bond donors (Lipinski definition) is 1. The Bertz CT molecular complexity index is 590. The van der Waals surface area contributed by atoms with Gasteiger partial charge in [0, 0.05) is 18.0 Å². The average molecular weight is 281 g/mol.